The molecule has 0 bridgehead atoms. The number of nitrogens with zero attached hydrogens (tertiary/aromatic N) is 1. The van der Waals surface area contributed by atoms with Crippen molar-refractivity contribution in [1.29, 1.82) is 0 Å². The maximum atomic E-state index is 13.1. The molecule has 1 fully saturated rings. The lowest BCUT2D eigenvalue weighted by molar-refractivity contribution is -0.122. The molecule has 0 radical (unpaired) electrons. The lowest BCUT2D eigenvalue weighted by Crippen LogP contribution is -2.54. The van der Waals surface area contributed by atoms with E-state index in [-0.39, 0.29) is 17.0 Å². The summed E-state index contributed by atoms with van der Waals surface area (Å²) in [4.78, 5) is 51.2. The minimum Gasteiger partial charge on any atom is -0.422 e. The highest BCUT2D eigenvalue weighted by molar-refractivity contribution is 9.10. The highest BCUT2D eigenvalue weighted by Gasteiger charge is 2.37. The van der Waals surface area contributed by atoms with Gasteiger partial charge in [0.1, 0.15) is 11.3 Å². The molecule has 1 saturated heterocycles. The zero-order valence-corrected chi connectivity index (χ0v) is 19.1. The molecule has 4 rings (SSSR count). The monoisotopic (exact) mass is 524 g/mol. The first kappa shape index (κ1) is 22.4. The fourth-order valence-electron chi connectivity index (χ4n) is 3.08. The molecule has 0 aliphatic carbocycles. The molecule has 1 aliphatic rings. The molecular weight excluding hydrogens is 512 g/mol. The van der Waals surface area contributed by atoms with Crippen LogP contribution in [0, 0.1) is 0 Å². The van der Waals surface area contributed by atoms with Crippen LogP contribution in [0.3, 0.4) is 0 Å². The first-order chi connectivity index (χ1) is 15.8. The Morgan fingerprint density at radius 2 is 1.61 bits per heavy atom. The van der Waals surface area contributed by atoms with Gasteiger partial charge < -0.3 is 4.74 Å². The van der Waals surface area contributed by atoms with E-state index >= 15 is 0 Å². The molecule has 1 N–H and O–H groups in total. The molecule has 7 nitrogen and oxygen atoms in total. The van der Waals surface area contributed by atoms with E-state index in [0.29, 0.717) is 16.1 Å². The Morgan fingerprint density at radius 1 is 0.939 bits per heavy atom. The second kappa shape index (κ2) is 9.40. The fraction of sp³-hybridized carbons (Fsp3) is 0. The highest BCUT2D eigenvalue weighted by atomic mass is 79.9. The van der Waals surface area contributed by atoms with Gasteiger partial charge >= 0.3 is 12.0 Å². The minimum atomic E-state index is -0.876. The highest BCUT2D eigenvalue weighted by Crippen LogP contribution is 2.27. The lowest BCUT2D eigenvalue weighted by Gasteiger charge is -2.26. The predicted molar refractivity (Wildman–Crippen MR) is 126 cm³/mol. The van der Waals surface area contributed by atoms with E-state index in [1.54, 1.807) is 42.5 Å². The van der Waals surface area contributed by atoms with Crippen LogP contribution in [0.25, 0.3) is 6.08 Å². The SMILES string of the molecule is O=C1NC(=O)N(c2ccc(Cl)cc2)C(=O)/C1=C\c1ccccc1OC(=O)c1ccc(Br)cc1. The third kappa shape index (κ3) is 4.87. The number of esters is 1. The van der Waals surface area contributed by atoms with Crippen LogP contribution in [-0.2, 0) is 9.59 Å². The minimum absolute atomic E-state index is 0.147. The second-order valence-electron chi connectivity index (χ2n) is 6.87. The first-order valence-electron chi connectivity index (χ1n) is 9.57. The summed E-state index contributed by atoms with van der Waals surface area (Å²) >= 11 is 9.18. The van der Waals surface area contributed by atoms with Crippen LogP contribution in [0.1, 0.15) is 15.9 Å². The van der Waals surface area contributed by atoms with Crippen molar-refractivity contribution in [2.24, 2.45) is 0 Å². The number of hydrogen-bond acceptors (Lipinski definition) is 5. The van der Waals surface area contributed by atoms with Crippen molar-refractivity contribution in [3.05, 3.63) is 99.0 Å². The zero-order chi connectivity index (χ0) is 23.5. The van der Waals surface area contributed by atoms with Crippen LogP contribution >= 0.6 is 27.5 Å². The number of nitrogens with one attached hydrogen (secondary N) is 1. The molecule has 33 heavy (non-hydrogen) atoms. The molecule has 3 aromatic carbocycles. The number of urea groups is 1. The fourth-order valence-corrected chi connectivity index (χ4v) is 3.47. The molecule has 3 aromatic rings. The number of carbonyl (C=O) groups excluding carboxylic acids is 4. The average molecular weight is 526 g/mol. The van der Waals surface area contributed by atoms with Crippen LogP contribution < -0.4 is 15.0 Å². The van der Waals surface area contributed by atoms with E-state index in [0.717, 1.165) is 9.37 Å². The Labute approximate surface area is 201 Å². The van der Waals surface area contributed by atoms with Crippen LogP contribution in [0.5, 0.6) is 5.75 Å². The summed E-state index contributed by atoms with van der Waals surface area (Å²) in [6.07, 6.45) is 1.28. The van der Waals surface area contributed by atoms with Crippen molar-refractivity contribution < 1.29 is 23.9 Å². The summed E-state index contributed by atoms with van der Waals surface area (Å²) in [6, 6.07) is 18.2. The Balaban J connectivity index is 1.66. The molecule has 0 spiro atoms. The number of imide groups is 2. The number of amides is 4. The van der Waals surface area contributed by atoms with Crippen LogP contribution in [0.2, 0.25) is 5.02 Å². The number of ether oxygens (including phenoxy) is 1. The number of rotatable bonds is 4. The zero-order valence-electron chi connectivity index (χ0n) is 16.7. The van der Waals surface area contributed by atoms with Crippen molar-refractivity contribution in [1.82, 2.24) is 5.32 Å². The van der Waals surface area contributed by atoms with Gasteiger partial charge in [-0.1, -0.05) is 45.7 Å². The molecule has 0 atom stereocenters. The lowest BCUT2D eigenvalue weighted by atomic mass is 10.1. The molecule has 164 valence electrons. The number of hydrogen-bond donors (Lipinski definition) is 1. The van der Waals surface area contributed by atoms with Crippen molar-refractivity contribution in [3.63, 3.8) is 0 Å². The number of benzene rings is 3. The Morgan fingerprint density at radius 3 is 2.30 bits per heavy atom. The molecule has 0 saturated carbocycles. The maximum Gasteiger partial charge on any atom is 0.343 e. The Kier molecular flexibility index (Phi) is 6.39. The number of para-hydroxylation sites is 1. The summed E-state index contributed by atoms with van der Waals surface area (Å²) < 4.78 is 6.30. The molecule has 9 heteroatoms. The standard InChI is InChI=1S/C24H14BrClN2O5/c25-16-7-5-14(6-8-16)23(31)33-20-4-2-1-3-15(20)13-19-21(29)27-24(32)28(22(19)30)18-11-9-17(26)10-12-18/h1-13H,(H,27,29,32)/b19-13-. The largest absolute Gasteiger partial charge is 0.422 e. The molecule has 0 unspecified atom stereocenters. The second-order valence-corrected chi connectivity index (χ2v) is 8.22. The molecule has 1 heterocycles. The summed E-state index contributed by atoms with van der Waals surface area (Å²) in [7, 11) is 0. The van der Waals surface area contributed by atoms with Gasteiger partial charge in [0.15, 0.2) is 0 Å². The number of halogens is 2. The van der Waals surface area contributed by atoms with E-state index in [4.69, 9.17) is 16.3 Å². The third-order valence-corrected chi connectivity index (χ3v) is 5.47. The van der Waals surface area contributed by atoms with E-state index in [2.05, 4.69) is 21.2 Å². The van der Waals surface area contributed by atoms with E-state index in [1.807, 2.05) is 0 Å². The smallest absolute Gasteiger partial charge is 0.343 e. The van der Waals surface area contributed by atoms with Gasteiger partial charge in [-0.2, -0.15) is 0 Å². The number of carbonyl (C=O) groups is 4. The van der Waals surface area contributed by atoms with Crippen molar-refractivity contribution in [2.75, 3.05) is 4.90 Å². The van der Waals surface area contributed by atoms with Gasteiger partial charge in [0, 0.05) is 15.1 Å². The van der Waals surface area contributed by atoms with Crippen molar-refractivity contribution in [2.45, 2.75) is 0 Å². The van der Waals surface area contributed by atoms with Crippen LogP contribution in [0.15, 0.2) is 82.8 Å². The topological polar surface area (TPSA) is 92.8 Å². The van der Waals surface area contributed by atoms with Gasteiger partial charge in [-0.3, -0.25) is 14.9 Å². The Bertz CT molecular complexity index is 1300. The van der Waals surface area contributed by atoms with Gasteiger partial charge in [-0.05, 0) is 60.7 Å². The van der Waals surface area contributed by atoms with Gasteiger partial charge in [-0.25, -0.2) is 14.5 Å². The third-order valence-electron chi connectivity index (χ3n) is 4.69. The van der Waals surface area contributed by atoms with E-state index in [9.17, 15) is 19.2 Å². The molecule has 4 amide bonds. The van der Waals surface area contributed by atoms with Crippen LogP contribution in [-0.4, -0.2) is 23.8 Å². The normalized spacial score (nSPS) is 14.9. The van der Waals surface area contributed by atoms with Crippen molar-refractivity contribution in [3.8, 4) is 5.75 Å². The molecular formula is C24H14BrClN2O5. The number of anilines is 1. The maximum absolute atomic E-state index is 13.1. The van der Waals surface area contributed by atoms with E-state index in [1.165, 1.54) is 36.4 Å². The summed E-state index contributed by atoms with van der Waals surface area (Å²) in [5.74, 6) is -2.14. The summed E-state index contributed by atoms with van der Waals surface area (Å²) in [5.41, 5.74) is 0.588. The van der Waals surface area contributed by atoms with Gasteiger partial charge in [0.2, 0.25) is 0 Å². The molecule has 0 aromatic heterocycles. The average Bonchev–Trinajstić information content (AvgIpc) is 2.79. The number of barbiturate groups is 1. The quantitative estimate of drug-likeness (QED) is 0.224. The van der Waals surface area contributed by atoms with Gasteiger partial charge in [-0.15, -0.1) is 0 Å². The van der Waals surface area contributed by atoms with E-state index < -0.39 is 23.8 Å². The predicted octanol–water partition coefficient (Wildman–Crippen LogP) is 4.99. The van der Waals surface area contributed by atoms with Gasteiger partial charge in [0.05, 0.1) is 11.3 Å². The first-order valence-corrected chi connectivity index (χ1v) is 10.7. The summed E-state index contributed by atoms with van der Waals surface area (Å²) in [6.45, 7) is 0. The van der Waals surface area contributed by atoms with Crippen molar-refractivity contribution >= 4 is 63.1 Å². The molecule has 1 aliphatic heterocycles. The van der Waals surface area contributed by atoms with Crippen LogP contribution in [0.4, 0.5) is 10.5 Å². The van der Waals surface area contributed by atoms with Gasteiger partial charge in [0.25, 0.3) is 11.8 Å². The Hall–Kier alpha value is -3.75. The summed E-state index contributed by atoms with van der Waals surface area (Å²) in [5, 5.41) is 2.58.